The standard InChI is InChI=1S/C16H19BrClNO/c17-13-7-6-12(10-14(13)18)15(20)16(11-19)8-4-2-1-3-5-9-16/h6-7,10,15,20H,1-5,8-9H2. The molecule has 1 N–H and O–H groups in total. The van der Waals surface area contributed by atoms with Crippen LogP contribution in [0.15, 0.2) is 22.7 Å². The van der Waals surface area contributed by atoms with E-state index in [9.17, 15) is 10.4 Å². The van der Waals surface area contributed by atoms with E-state index in [1.54, 1.807) is 6.07 Å². The van der Waals surface area contributed by atoms with E-state index < -0.39 is 11.5 Å². The minimum atomic E-state index is -0.767. The molecule has 1 saturated carbocycles. The zero-order valence-corrected chi connectivity index (χ0v) is 13.8. The van der Waals surface area contributed by atoms with Gasteiger partial charge < -0.3 is 5.11 Å². The molecule has 1 atom stereocenters. The lowest BCUT2D eigenvalue weighted by molar-refractivity contribution is 0.0434. The fourth-order valence-electron chi connectivity index (χ4n) is 2.98. The van der Waals surface area contributed by atoms with Crippen molar-refractivity contribution < 1.29 is 5.11 Å². The van der Waals surface area contributed by atoms with E-state index in [1.165, 1.54) is 6.42 Å². The van der Waals surface area contributed by atoms with Crippen LogP contribution in [0.3, 0.4) is 0 Å². The predicted molar refractivity (Wildman–Crippen MR) is 84.5 cm³/mol. The summed E-state index contributed by atoms with van der Waals surface area (Å²) in [5, 5.41) is 21.0. The molecule has 1 unspecified atom stereocenters. The van der Waals surface area contributed by atoms with Gasteiger partial charge in [-0.2, -0.15) is 5.26 Å². The zero-order valence-electron chi connectivity index (χ0n) is 11.4. The van der Waals surface area contributed by atoms with Gasteiger partial charge in [0.25, 0.3) is 0 Å². The van der Waals surface area contributed by atoms with Gasteiger partial charge in [-0.3, -0.25) is 0 Å². The molecule has 1 aromatic rings. The van der Waals surface area contributed by atoms with Crippen molar-refractivity contribution in [3.63, 3.8) is 0 Å². The van der Waals surface area contributed by atoms with E-state index >= 15 is 0 Å². The van der Waals surface area contributed by atoms with Gasteiger partial charge in [-0.25, -0.2) is 0 Å². The average Bonchev–Trinajstić information content (AvgIpc) is 2.42. The second kappa shape index (κ2) is 6.93. The predicted octanol–water partition coefficient (Wildman–Crippen LogP) is 5.39. The summed E-state index contributed by atoms with van der Waals surface area (Å²) < 4.78 is 0.804. The minimum Gasteiger partial charge on any atom is -0.387 e. The molecule has 4 heteroatoms. The van der Waals surface area contributed by atoms with Crippen molar-refractivity contribution in [1.29, 1.82) is 5.26 Å². The maximum atomic E-state index is 10.7. The largest absolute Gasteiger partial charge is 0.387 e. The second-order valence-corrected chi connectivity index (χ2v) is 6.87. The Morgan fingerprint density at radius 2 is 1.80 bits per heavy atom. The van der Waals surface area contributed by atoms with Crippen LogP contribution in [0.4, 0.5) is 0 Å². The van der Waals surface area contributed by atoms with Crippen molar-refractivity contribution in [2.24, 2.45) is 5.41 Å². The smallest absolute Gasteiger partial charge is 0.0976 e. The van der Waals surface area contributed by atoms with E-state index in [1.807, 2.05) is 12.1 Å². The highest BCUT2D eigenvalue weighted by Gasteiger charge is 2.38. The second-order valence-electron chi connectivity index (χ2n) is 5.61. The van der Waals surface area contributed by atoms with Crippen molar-refractivity contribution in [2.45, 2.75) is 51.0 Å². The first-order chi connectivity index (χ1) is 9.59. The van der Waals surface area contributed by atoms with Crippen LogP contribution in [0.25, 0.3) is 0 Å². The molecular formula is C16H19BrClNO. The molecule has 1 fully saturated rings. The number of nitriles is 1. The maximum absolute atomic E-state index is 10.7. The molecule has 0 aliphatic heterocycles. The molecule has 1 aliphatic carbocycles. The summed E-state index contributed by atoms with van der Waals surface area (Å²) in [5.74, 6) is 0. The Morgan fingerprint density at radius 1 is 1.20 bits per heavy atom. The third-order valence-electron chi connectivity index (χ3n) is 4.25. The highest BCUT2D eigenvalue weighted by atomic mass is 79.9. The highest BCUT2D eigenvalue weighted by molar-refractivity contribution is 9.10. The van der Waals surface area contributed by atoms with Crippen LogP contribution in [0, 0.1) is 16.7 Å². The number of aliphatic hydroxyl groups excluding tert-OH is 1. The number of benzene rings is 1. The molecule has 2 nitrogen and oxygen atoms in total. The third kappa shape index (κ3) is 3.36. The number of halogens is 2. The van der Waals surface area contributed by atoms with Crippen LogP contribution in [0.2, 0.25) is 5.02 Å². The first kappa shape index (κ1) is 15.8. The molecule has 0 amide bonds. The van der Waals surface area contributed by atoms with Crippen molar-refractivity contribution in [3.8, 4) is 6.07 Å². The van der Waals surface area contributed by atoms with Gasteiger partial charge in [0.1, 0.15) is 0 Å². The van der Waals surface area contributed by atoms with Crippen molar-refractivity contribution >= 4 is 27.5 Å². The Kier molecular flexibility index (Phi) is 5.49. The Labute approximate surface area is 133 Å². The summed E-state index contributed by atoms with van der Waals surface area (Å²) in [4.78, 5) is 0. The van der Waals surface area contributed by atoms with E-state index in [-0.39, 0.29) is 0 Å². The third-order valence-corrected chi connectivity index (χ3v) is 5.48. The number of nitrogens with zero attached hydrogens (tertiary/aromatic N) is 1. The topological polar surface area (TPSA) is 44.0 Å². The van der Waals surface area contributed by atoms with Gasteiger partial charge >= 0.3 is 0 Å². The zero-order chi connectivity index (χ0) is 14.6. The van der Waals surface area contributed by atoms with Crippen molar-refractivity contribution in [2.75, 3.05) is 0 Å². The van der Waals surface area contributed by atoms with E-state index in [2.05, 4.69) is 22.0 Å². The fourth-order valence-corrected chi connectivity index (χ4v) is 3.42. The Bertz CT molecular complexity index is 504. The molecule has 0 bridgehead atoms. The quantitative estimate of drug-likeness (QED) is 0.772. The number of hydrogen-bond donors (Lipinski definition) is 1. The van der Waals surface area contributed by atoms with Gasteiger partial charge in [-0.05, 0) is 46.5 Å². The molecule has 108 valence electrons. The lowest BCUT2D eigenvalue weighted by Gasteiger charge is -2.33. The van der Waals surface area contributed by atoms with Crippen molar-refractivity contribution in [1.82, 2.24) is 0 Å². The van der Waals surface area contributed by atoms with E-state index in [4.69, 9.17) is 11.6 Å². The van der Waals surface area contributed by atoms with Gasteiger partial charge in [0, 0.05) is 4.47 Å². The van der Waals surface area contributed by atoms with Crippen LogP contribution in [0.1, 0.15) is 56.6 Å². The molecule has 0 spiro atoms. The van der Waals surface area contributed by atoms with Crippen LogP contribution >= 0.6 is 27.5 Å². The summed E-state index contributed by atoms with van der Waals surface area (Å²) in [6.07, 6.45) is 6.31. The summed E-state index contributed by atoms with van der Waals surface area (Å²) >= 11 is 9.45. The van der Waals surface area contributed by atoms with Crippen LogP contribution in [-0.4, -0.2) is 5.11 Å². The first-order valence-electron chi connectivity index (χ1n) is 7.13. The average molecular weight is 357 g/mol. The van der Waals surface area contributed by atoms with Gasteiger partial charge in [0.05, 0.1) is 22.6 Å². The van der Waals surface area contributed by atoms with Gasteiger partial charge in [-0.15, -0.1) is 0 Å². The molecular weight excluding hydrogens is 338 g/mol. The number of aliphatic hydroxyl groups is 1. The Balaban J connectivity index is 2.28. The first-order valence-corrected chi connectivity index (χ1v) is 8.30. The fraction of sp³-hybridized carbons (Fsp3) is 0.562. The van der Waals surface area contributed by atoms with Crippen LogP contribution < -0.4 is 0 Å². The van der Waals surface area contributed by atoms with Crippen molar-refractivity contribution in [3.05, 3.63) is 33.3 Å². The Morgan fingerprint density at radius 3 is 2.35 bits per heavy atom. The molecule has 0 saturated heterocycles. The van der Waals surface area contributed by atoms with Crippen LogP contribution in [0.5, 0.6) is 0 Å². The maximum Gasteiger partial charge on any atom is 0.0976 e. The van der Waals surface area contributed by atoms with Gasteiger partial charge in [0.15, 0.2) is 0 Å². The molecule has 2 rings (SSSR count). The number of hydrogen-bond acceptors (Lipinski definition) is 2. The van der Waals surface area contributed by atoms with E-state index in [0.29, 0.717) is 5.02 Å². The van der Waals surface area contributed by atoms with Crippen LogP contribution in [-0.2, 0) is 0 Å². The summed E-state index contributed by atoms with van der Waals surface area (Å²) in [6, 6.07) is 7.84. The lowest BCUT2D eigenvalue weighted by atomic mass is 9.71. The van der Waals surface area contributed by atoms with Gasteiger partial charge in [-0.1, -0.05) is 49.8 Å². The summed E-state index contributed by atoms with van der Waals surface area (Å²) in [7, 11) is 0. The lowest BCUT2D eigenvalue weighted by Crippen LogP contribution is -2.28. The molecule has 0 heterocycles. The normalized spacial score (nSPS) is 20.5. The summed E-state index contributed by atoms with van der Waals surface area (Å²) in [5.41, 5.74) is 0.0673. The monoisotopic (exact) mass is 355 g/mol. The molecule has 0 aromatic heterocycles. The minimum absolute atomic E-state index is 0.570. The molecule has 1 aromatic carbocycles. The summed E-state index contributed by atoms with van der Waals surface area (Å²) in [6.45, 7) is 0. The van der Waals surface area contributed by atoms with Gasteiger partial charge in [0.2, 0.25) is 0 Å². The number of rotatable bonds is 2. The molecule has 0 radical (unpaired) electrons. The van der Waals surface area contributed by atoms with E-state index in [0.717, 1.165) is 48.6 Å². The molecule has 1 aliphatic rings. The SMILES string of the molecule is N#CC1(C(O)c2ccc(Br)c(Cl)c2)CCCCCCC1. The Hall–Kier alpha value is -0.560. The highest BCUT2D eigenvalue weighted by Crippen LogP contribution is 2.44. The molecule has 20 heavy (non-hydrogen) atoms.